The zero-order valence-corrected chi connectivity index (χ0v) is 11.7. The topological polar surface area (TPSA) is 41.7 Å². The first-order chi connectivity index (χ1) is 9.29. The van der Waals surface area contributed by atoms with Gasteiger partial charge in [0, 0.05) is 51.9 Å². The van der Waals surface area contributed by atoms with Gasteiger partial charge in [-0.1, -0.05) is 5.16 Å². The van der Waals surface area contributed by atoms with Gasteiger partial charge in [0.15, 0.2) is 0 Å². The van der Waals surface area contributed by atoms with E-state index in [0.29, 0.717) is 6.10 Å². The predicted octanol–water partition coefficient (Wildman–Crippen LogP) is 1.28. The van der Waals surface area contributed by atoms with Crippen LogP contribution in [0.25, 0.3) is 0 Å². The van der Waals surface area contributed by atoms with E-state index in [1.807, 2.05) is 13.0 Å². The van der Waals surface area contributed by atoms with Crippen molar-refractivity contribution in [3.05, 3.63) is 17.5 Å². The molecule has 0 spiro atoms. The van der Waals surface area contributed by atoms with Crippen LogP contribution in [0.3, 0.4) is 0 Å². The van der Waals surface area contributed by atoms with Crippen molar-refractivity contribution >= 4 is 0 Å². The lowest BCUT2D eigenvalue weighted by Crippen LogP contribution is -2.48. The SMILES string of the molecule is Cc1cc(CN2CCN(CC3CCCO3)CC2)no1. The predicted molar refractivity (Wildman–Crippen MR) is 71.9 cm³/mol. The van der Waals surface area contributed by atoms with Gasteiger partial charge in [-0.05, 0) is 19.8 Å². The van der Waals surface area contributed by atoms with Gasteiger partial charge in [-0.15, -0.1) is 0 Å². The normalized spacial score (nSPS) is 26.1. The van der Waals surface area contributed by atoms with Crippen molar-refractivity contribution in [3.63, 3.8) is 0 Å². The Hall–Kier alpha value is -0.910. The highest BCUT2D eigenvalue weighted by Crippen LogP contribution is 2.15. The van der Waals surface area contributed by atoms with Crippen LogP contribution in [0.4, 0.5) is 0 Å². The van der Waals surface area contributed by atoms with E-state index in [0.717, 1.165) is 57.3 Å². The van der Waals surface area contributed by atoms with Gasteiger partial charge in [0.1, 0.15) is 5.76 Å². The van der Waals surface area contributed by atoms with Gasteiger partial charge in [0.2, 0.25) is 0 Å². The molecule has 2 aliphatic rings. The average molecular weight is 265 g/mol. The molecule has 2 fully saturated rings. The summed E-state index contributed by atoms with van der Waals surface area (Å²) < 4.78 is 10.8. The molecule has 106 valence electrons. The summed E-state index contributed by atoms with van der Waals surface area (Å²) in [4.78, 5) is 4.98. The van der Waals surface area contributed by atoms with Gasteiger partial charge in [-0.25, -0.2) is 0 Å². The van der Waals surface area contributed by atoms with Gasteiger partial charge in [0.05, 0.1) is 11.8 Å². The lowest BCUT2D eigenvalue weighted by atomic mass is 10.2. The molecular formula is C14H23N3O2. The lowest BCUT2D eigenvalue weighted by molar-refractivity contribution is 0.0485. The summed E-state index contributed by atoms with van der Waals surface area (Å²) in [6.45, 7) is 9.40. The summed E-state index contributed by atoms with van der Waals surface area (Å²) in [5, 5.41) is 4.06. The van der Waals surface area contributed by atoms with E-state index in [1.54, 1.807) is 0 Å². The van der Waals surface area contributed by atoms with Crippen molar-refractivity contribution < 1.29 is 9.26 Å². The number of hydrogen-bond donors (Lipinski definition) is 0. The van der Waals surface area contributed by atoms with E-state index >= 15 is 0 Å². The largest absolute Gasteiger partial charge is 0.377 e. The zero-order valence-electron chi connectivity index (χ0n) is 11.7. The third kappa shape index (κ3) is 3.55. The quantitative estimate of drug-likeness (QED) is 0.820. The van der Waals surface area contributed by atoms with Crippen LogP contribution in [0.2, 0.25) is 0 Å². The van der Waals surface area contributed by atoms with Crippen LogP contribution in [0, 0.1) is 6.92 Å². The van der Waals surface area contributed by atoms with Crippen LogP contribution < -0.4 is 0 Å². The number of piperazine rings is 1. The standard InChI is InChI=1S/C14H23N3O2/c1-12-9-13(15-19-12)10-16-4-6-17(7-5-16)11-14-3-2-8-18-14/h9,14H,2-8,10-11H2,1H3. The molecule has 0 aromatic carbocycles. The highest BCUT2D eigenvalue weighted by molar-refractivity contribution is 5.03. The number of aromatic nitrogens is 1. The number of aryl methyl sites for hydroxylation is 1. The number of ether oxygens (including phenoxy) is 1. The molecule has 2 saturated heterocycles. The molecule has 19 heavy (non-hydrogen) atoms. The lowest BCUT2D eigenvalue weighted by Gasteiger charge is -2.35. The van der Waals surface area contributed by atoms with E-state index in [4.69, 9.17) is 9.26 Å². The molecule has 3 rings (SSSR count). The van der Waals surface area contributed by atoms with E-state index < -0.39 is 0 Å². The van der Waals surface area contributed by atoms with E-state index in [2.05, 4.69) is 15.0 Å². The Bertz CT molecular complexity index is 393. The molecule has 5 heteroatoms. The molecule has 1 aromatic rings. The van der Waals surface area contributed by atoms with Crippen molar-refractivity contribution in [2.75, 3.05) is 39.3 Å². The molecule has 0 amide bonds. The Balaban J connectivity index is 1.41. The molecule has 2 aliphatic heterocycles. The van der Waals surface area contributed by atoms with E-state index in [9.17, 15) is 0 Å². The summed E-state index contributed by atoms with van der Waals surface area (Å²) in [7, 11) is 0. The second kappa shape index (κ2) is 6.03. The molecule has 0 saturated carbocycles. The van der Waals surface area contributed by atoms with Crippen molar-refractivity contribution in [1.29, 1.82) is 0 Å². The number of hydrogen-bond acceptors (Lipinski definition) is 5. The highest BCUT2D eigenvalue weighted by Gasteiger charge is 2.23. The van der Waals surface area contributed by atoms with Gasteiger partial charge < -0.3 is 9.26 Å². The van der Waals surface area contributed by atoms with Crippen LogP contribution >= 0.6 is 0 Å². The Morgan fingerprint density at radius 1 is 1.26 bits per heavy atom. The first-order valence-corrected chi connectivity index (χ1v) is 7.28. The highest BCUT2D eigenvalue weighted by atomic mass is 16.5. The van der Waals surface area contributed by atoms with Crippen molar-refractivity contribution in [3.8, 4) is 0 Å². The van der Waals surface area contributed by atoms with Crippen molar-refractivity contribution in [2.45, 2.75) is 32.4 Å². The smallest absolute Gasteiger partial charge is 0.133 e. The molecule has 3 heterocycles. The Morgan fingerprint density at radius 2 is 2.05 bits per heavy atom. The fourth-order valence-electron chi connectivity index (χ4n) is 2.93. The minimum Gasteiger partial charge on any atom is -0.377 e. The maximum atomic E-state index is 5.70. The number of nitrogens with zero attached hydrogens (tertiary/aromatic N) is 3. The second-order valence-electron chi connectivity index (χ2n) is 5.64. The Morgan fingerprint density at radius 3 is 2.68 bits per heavy atom. The first kappa shape index (κ1) is 13.1. The third-order valence-electron chi connectivity index (χ3n) is 4.01. The summed E-state index contributed by atoms with van der Waals surface area (Å²) in [6.07, 6.45) is 2.94. The molecule has 0 bridgehead atoms. The van der Waals surface area contributed by atoms with Crippen molar-refractivity contribution in [2.24, 2.45) is 0 Å². The number of rotatable bonds is 4. The van der Waals surface area contributed by atoms with Crippen molar-refractivity contribution in [1.82, 2.24) is 15.0 Å². The fraction of sp³-hybridized carbons (Fsp3) is 0.786. The monoisotopic (exact) mass is 265 g/mol. The fourth-order valence-corrected chi connectivity index (χ4v) is 2.93. The summed E-state index contributed by atoms with van der Waals surface area (Å²) in [5.41, 5.74) is 1.05. The second-order valence-corrected chi connectivity index (χ2v) is 5.64. The molecule has 0 N–H and O–H groups in total. The van der Waals surface area contributed by atoms with Gasteiger partial charge in [-0.3, -0.25) is 9.80 Å². The minimum absolute atomic E-state index is 0.477. The molecule has 5 nitrogen and oxygen atoms in total. The molecule has 0 radical (unpaired) electrons. The summed E-state index contributed by atoms with van der Waals surface area (Å²) in [6, 6.07) is 2.03. The summed E-state index contributed by atoms with van der Waals surface area (Å²) in [5.74, 6) is 0.895. The van der Waals surface area contributed by atoms with Crippen LogP contribution in [-0.2, 0) is 11.3 Å². The maximum absolute atomic E-state index is 5.70. The molecule has 1 aromatic heterocycles. The van der Waals surface area contributed by atoms with Crippen LogP contribution in [0.15, 0.2) is 10.6 Å². The molecule has 0 aliphatic carbocycles. The maximum Gasteiger partial charge on any atom is 0.133 e. The average Bonchev–Trinajstić information content (AvgIpc) is 3.04. The molecular weight excluding hydrogens is 242 g/mol. The zero-order chi connectivity index (χ0) is 13.1. The van der Waals surface area contributed by atoms with Crippen LogP contribution in [0.5, 0.6) is 0 Å². The van der Waals surface area contributed by atoms with Crippen LogP contribution in [0.1, 0.15) is 24.3 Å². The minimum atomic E-state index is 0.477. The van der Waals surface area contributed by atoms with Crippen LogP contribution in [-0.4, -0.2) is 60.4 Å². The summed E-state index contributed by atoms with van der Waals surface area (Å²) >= 11 is 0. The van der Waals surface area contributed by atoms with Gasteiger partial charge in [-0.2, -0.15) is 0 Å². The van der Waals surface area contributed by atoms with E-state index in [1.165, 1.54) is 12.8 Å². The first-order valence-electron chi connectivity index (χ1n) is 7.28. The Kier molecular flexibility index (Phi) is 4.15. The van der Waals surface area contributed by atoms with E-state index in [-0.39, 0.29) is 0 Å². The van der Waals surface area contributed by atoms with Gasteiger partial charge in [0.25, 0.3) is 0 Å². The third-order valence-corrected chi connectivity index (χ3v) is 4.01. The molecule has 1 unspecified atom stereocenters. The van der Waals surface area contributed by atoms with Gasteiger partial charge >= 0.3 is 0 Å². The Labute approximate surface area is 114 Å². The molecule has 1 atom stereocenters.